The van der Waals surface area contributed by atoms with Gasteiger partial charge in [-0.3, -0.25) is 0 Å². The van der Waals surface area contributed by atoms with E-state index in [1.165, 1.54) is 77.5 Å². The molecule has 0 fully saturated rings. The van der Waals surface area contributed by atoms with E-state index in [1.54, 1.807) is 0 Å². The Kier molecular flexibility index (Phi) is 12.8. The van der Waals surface area contributed by atoms with Crippen LogP contribution in [0.25, 0.3) is 33.4 Å². The third kappa shape index (κ3) is 8.64. The molecule has 3 heteroatoms. The van der Waals surface area contributed by atoms with Crippen LogP contribution in [0.5, 0.6) is 0 Å². The van der Waals surface area contributed by atoms with Crippen LogP contribution in [-0.2, 0) is 30.7 Å². The van der Waals surface area contributed by atoms with Crippen LogP contribution < -0.4 is 24.8 Å². The first-order valence-corrected chi connectivity index (χ1v) is 14.5. The van der Waals surface area contributed by atoms with Crippen molar-refractivity contribution in [2.75, 3.05) is 0 Å². The molecule has 0 unspecified atom stereocenters. The van der Waals surface area contributed by atoms with E-state index in [9.17, 15) is 0 Å². The van der Waals surface area contributed by atoms with Gasteiger partial charge >= 0.3 is 70.3 Å². The van der Waals surface area contributed by atoms with Gasteiger partial charge in [0.15, 0.2) is 0 Å². The van der Waals surface area contributed by atoms with Gasteiger partial charge in [-0.05, 0) is 23.1 Å². The van der Waals surface area contributed by atoms with Crippen molar-refractivity contribution in [2.45, 2.75) is 13.3 Å². The molecular formula is C38H30Cl2Zr-2. The summed E-state index contributed by atoms with van der Waals surface area (Å²) >= 11 is 1.51. The summed E-state index contributed by atoms with van der Waals surface area (Å²) in [5.41, 5.74) is 11.7. The predicted molar refractivity (Wildman–Crippen MR) is 163 cm³/mol. The molecule has 41 heavy (non-hydrogen) atoms. The zero-order valence-corrected chi connectivity index (χ0v) is 26.9. The zero-order valence-electron chi connectivity index (χ0n) is 22.9. The zero-order chi connectivity index (χ0) is 26.9. The Morgan fingerprint density at radius 2 is 1.17 bits per heavy atom. The van der Waals surface area contributed by atoms with Gasteiger partial charge < -0.3 is 24.8 Å². The van der Waals surface area contributed by atoms with Gasteiger partial charge in [-0.25, -0.2) is 12.1 Å². The van der Waals surface area contributed by atoms with Crippen LogP contribution in [0.2, 0.25) is 0 Å². The molecule has 0 aromatic heterocycles. The average molecular weight is 649 g/mol. The second-order valence-corrected chi connectivity index (χ2v) is 11.3. The van der Waals surface area contributed by atoms with Crippen molar-refractivity contribution in [2.24, 2.45) is 0 Å². The van der Waals surface area contributed by atoms with E-state index in [1.807, 2.05) is 36.4 Å². The standard InChI is InChI=1S/C25H17.C8H8.C5H5.2ClH.Zr/c1-3-7-18(8-4-1)20-11-13-24-22(15-20)17-23-16-21(12-14-25(23)24)19-9-5-2-6-10-19;1-2-8-6-4-3-5-7-8;1-2-4-5-3-1;;;/h1-15H,17H2;3-7H,1H3;1-5H;2*1H;/q-1;;-1;;;+2/p-2. The third-order valence-electron chi connectivity index (χ3n) is 6.74. The fraction of sp³-hybridized carbons (Fsp3) is 0.0526. The fourth-order valence-corrected chi connectivity index (χ4v) is 5.14. The molecule has 7 rings (SSSR count). The molecule has 0 aliphatic heterocycles. The Hall–Kier alpha value is -3.22. The summed E-state index contributed by atoms with van der Waals surface area (Å²) in [7, 11) is 0. The van der Waals surface area contributed by atoms with E-state index in [-0.39, 0.29) is 24.8 Å². The minimum atomic E-state index is 0. The summed E-state index contributed by atoms with van der Waals surface area (Å²) in [6.45, 7) is 2.16. The van der Waals surface area contributed by atoms with Crippen LogP contribution in [0.3, 0.4) is 0 Å². The third-order valence-corrected chi connectivity index (χ3v) is 7.45. The molecule has 1 aliphatic carbocycles. The van der Waals surface area contributed by atoms with Crippen molar-refractivity contribution in [1.82, 2.24) is 0 Å². The Bertz CT molecular complexity index is 1520. The maximum Gasteiger partial charge on any atom is -0.0181 e. The second kappa shape index (κ2) is 16.3. The van der Waals surface area contributed by atoms with Crippen molar-refractivity contribution in [1.29, 1.82) is 0 Å². The topological polar surface area (TPSA) is 0 Å². The van der Waals surface area contributed by atoms with E-state index in [0.29, 0.717) is 0 Å². The molecule has 6 aromatic carbocycles. The van der Waals surface area contributed by atoms with Gasteiger partial charge in [0.1, 0.15) is 0 Å². The van der Waals surface area contributed by atoms with Crippen LogP contribution >= 0.6 is 0 Å². The van der Waals surface area contributed by atoms with E-state index in [4.69, 9.17) is 0 Å². The van der Waals surface area contributed by atoms with E-state index >= 15 is 0 Å². The molecular weight excluding hydrogens is 619 g/mol. The number of rotatable bonds is 3. The molecule has 0 saturated heterocycles. The van der Waals surface area contributed by atoms with Crippen LogP contribution in [-0.4, -0.2) is 3.21 Å². The Labute approximate surface area is 271 Å². The Morgan fingerprint density at radius 3 is 1.71 bits per heavy atom. The summed E-state index contributed by atoms with van der Waals surface area (Å²) < 4.78 is 1.46. The van der Waals surface area contributed by atoms with Crippen LogP contribution in [0.15, 0.2) is 152 Å². The minimum Gasteiger partial charge on any atom is -1.00 e. The van der Waals surface area contributed by atoms with Gasteiger partial charge in [0, 0.05) is 0 Å². The summed E-state index contributed by atoms with van der Waals surface area (Å²) in [5, 5.41) is 0. The quantitative estimate of drug-likeness (QED) is 0.257. The molecule has 0 heterocycles. The number of hydrogen-bond donors (Lipinski definition) is 0. The first-order valence-electron chi connectivity index (χ1n) is 13.3. The predicted octanol–water partition coefficient (Wildman–Crippen LogP) is 3.58. The molecule has 6 aromatic rings. The molecule has 0 bridgehead atoms. The van der Waals surface area contributed by atoms with Crippen LogP contribution in [0.1, 0.15) is 23.6 Å². The molecule has 0 radical (unpaired) electrons. The minimum absolute atomic E-state index is 0. The Balaban J connectivity index is 0.000000240. The molecule has 0 amide bonds. The van der Waals surface area contributed by atoms with E-state index in [0.717, 1.165) is 6.42 Å². The van der Waals surface area contributed by atoms with Gasteiger partial charge in [0.05, 0.1) is 0 Å². The number of hydrogen-bond acceptors (Lipinski definition) is 0. The van der Waals surface area contributed by atoms with Crippen molar-refractivity contribution in [3.63, 3.8) is 0 Å². The second-order valence-electron chi connectivity index (χ2n) is 9.50. The summed E-state index contributed by atoms with van der Waals surface area (Å²) in [6.07, 6.45) is 0.964. The maximum atomic E-state index is 3.65. The van der Waals surface area contributed by atoms with Crippen LogP contribution in [0, 0.1) is 6.07 Å². The van der Waals surface area contributed by atoms with Gasteiger partial charge in [0.25, 0.3) is 0 Å². The van der Waals surface area contributed by atoms with Gasteiger partial charge in [-0.15, -0.1) is 29.3 Å². The molecule has 0 nitrogen and oxygen atoms in total. The summed E-state index contributed by atoms with van der Waals surface area (Å²) in [6, 6.07) is 56.5. The number of fused-ring (bicyclic) bond motifs is 3. The fourth-order valence-electron chi connectivity index (χ4n) is 4.73. The van der Waals surface area contributed by atoms with Crippen molar-refractivity contribution in [3.8, 4) is 33.4 Å². The van der Waals surface area contributed by atoms with E-state index < -0.39 is 0 Å². The monoisotopic (exact) mass is 646 g/mol. The largest absolute Gasteiger partial charge is 1.00 e. The first-order chi connectivity index (χ1) is 19.2. The molecule has 0 spiro atoms. The van der Waals surface area contributed by atoms with Gasteiger partial charge in [0.2, 0.25) is 0 Å². The number of halogens is 2. The summed E-state index contributed by atoms with van der Waals surface area (Å²) in [5.74, 6) is 0. The van der Waals surface area contributed by atoms with Crippen molar-refractivity contribution in [3.05, 3.63) is 174 Å². The first kappa shape index (κ1) is 32.3. The van der Waals surface area contributed by atoms with Crippen LogP contribution in [0.4, 0.5) is 0 Å². The molecule has 0 N–H and O–H groups in total. The van der Waals surface area contributed by atoms with Gasteiger partial charge in [-0.2, -0.15) is 18.2 Å². The molecule has 1 aliphatic rings. The Morgan fingerprint density at radius 1 is 0.610 bits per heavy atom. The smallest absolute Gasteiger partial charge is 0.0181 e. The molecule has 0 atom stereocenters. The van der Waals surface area contributed by atoms with E-state index in [2.05, 4.69) is 128 Å². The van der Waals surface area contributed by atoms with Gasteiger partial charge in [-0.1, -0.05) is 95.6 Å². The van der Waals surface area contributed by atoms with Crippen molar-refractivity contribution < 1.29 is 49.0 Å². The molecule has 202 valence electrons. The average Bonchev–Trinajstić information content (AvgIpc) is 3.70. The van der Waals surface area contributed by atoms with Crippen molar-refractivity contribution >= 4 is 3.21 Å². The maximum absolute atomic E-state index is 3.65. The summed E-state index contributed by atoms with van der Waals surface area (Å²) in [4.78, 5) is 0. The number of benzene rings is 5. The normalized spacial score (nSPS) is 10.2. The SMILES string of the molecule is C[C](=[Zr+2])c1ccccc1.[Cl-].[Cl-].[c-]1c(-c2ccccc2)ccc2c1Cc1cc(-c3ccccc3)ccc1-2.c1cc[cH-]c1. The molecule has 0 saturated carbocycles.